The molecule has 1 aliphatic heterocycles. The van der Waals surface area contributed by atoms with E-state index in [1.807, 2.05) is 24.3 Å². The van der Waals surface area contributed by atoms with Crippen molar-refractivity contribution in [1.82, 2.24) is 0 Å². The van der Waals surface area contributed by atoms with Gasteiger partial charge >= 0.3 is 0 Å². The minimum atomic E-state index is 0.00764. The van der Waals surface area contributed by atoms with Crippen molar-refractivity contribution in [2.45, 2.75) is 12.5 Å². The molecule has 1 atom stereocenters. The molecule has 0 fully saturated rings. The fourth-order valence-electron chi connectivity index (χ4n) is 2.74. The Morgan fingerprint density at radius 3 is 2.71 bits per heavy atom. The molecule has 0 saturated carbocycles. The summed E-state index contributed by atoms with van der Waals surface area (Å²) >= 11 is 0. The van der Waals surface area contributed by atoms with E-state index in [1.54, 1.807) is 12.1 Å². The average Bonchev–Trinajstić information content (AvgIpc) is 2.48. The van der Waals surface area contributed by atoms with Crippen molar-refractivity contribution < 1.29 is 14.9 Å². The van der Waals surface area contributed by atoms with Gasteiger partial charge in [0.05, 0.1) is 18.8 Å². The molecule has 0 amide bonds. The maximum atomic E-state index is 9.63. The van der Waals surface area contributed by atoms with Crippen LogP contribution < -0.4 is 9.64 Å². The minimum absolute atomic E-state index is 0.00764. The molecule has 21 heavy (non-hydrogen) atoms. The molecule has 0 saturated heterocycles. The zero-order valence-corrected chi connectivity index (χ0v) is 11.8. The number of rotatable bonds is 4. The van der Waals surface area contributed by atoms with Crippen LogP contribution in [-0.2, 0) is 6.42 Å². The lowest BCUT2D eigenvalue weighted by atomic mass is 10.1. The van der Waals surface area contributed by atoms with E-state index in [0.29, 0.717) is 12.3 Å². The van der Waals surface area contributed by atoms with Crippen LogP contribution in [0.4, 0.5) is 5.69 Å². The van der Waals surface area contributed by atoms with E-state index in [4.69, 9.17) is 4.74 Å². The van der Waals surface area contributed by atoms with Gasteiger partial charge in [0, 0.05) is 19.0 Å². The Morgan fingerprint density at radius 1 is 1.14 bits per heavy atom. The number of ether oxygens (including phenoxy) is 1. The highest BCUT2D eigenvalue weighted by Crippen LogP contribution is 2.36. The Kier molecular flexibility index (Phi) is 3.97. The molecule has 110 valence electrons. The number of hydrogen-bond donors (Lipinski definition) is 2. The van der Waals surface area contributed by atoms with Gasteiger partial charge in [0.15, 0.2) is 0 Å². The Balaban J connectivity index is 1.82. The van der Waals surface area contributed by atoms with Crippen molar-refractivity contribution in [3.05, 3.63) is 54.1 Å². The highest BCUT2D eigenvalue weighted by molar-refractivity contribution is 5.62. The fourth-order valence-corrected chi connectivity index (χ4v) is 2.74. The maximum absolute atomic E-state index is 9.63. The summed E-state index contributed by atoms with van der Waals surface area (Å²) in [6.07, 6.45) is 0.811. The zero-order valence-electron chi connectivity index (χ0n) is 11.8. The molecule has 0 spiro atoms. The summed E-state index contributed by atoms with van der Waals surface area (Å²) in [4.78, 5) is 2.10. The van der Waals surface area contributed by atoms with Crippen LogP contribution in [0.2, 0.25) is 0 Å². The summed E-state index contributed by atoms with van der Waals surface area (Å²) in [5, 5.41) is 18.9. The molecular weight excluding hydrogens is 266 g/mol. The summed E-state index contributed by atoms with van der Waals surface area (Å²) in [6.45, 7) is 1.39. The Bertz CT molecular complexity index is 600. The van der Waals surface area contributed by atoms with E-state index >= 15 is 0 Å². The molecule has 3 rings (SSSR count). The lowest BCUT2D eigenvalue weighted by molar-refractivity contribution is 0.188. The molecule has 2 aromatic carbocycles. The number of aliphatic hydroxyl groups excluding tert-OH is 1. The molecule has 4 heteroatoms. The molecule has 0 aromatic heterocycles. The number of nitrogens with zero attached hydrogens (tertiary/aromatic N) is 1. The molecule has 1 aliphatic rings. The van der Waals surface area contributed by atoms with Gasteiger partial charge in [-0.1, -0.05) is 30.3 Å². The largest absolute Gasteiger partial charge is 0.508 e. The van der Waals surface area contributed by atoms with Crippen LogP contribution in [0.3, 0.4) is 0 Å². The molecular formula is C17H19NO3. The van der Waals surface area contributed by atoms with Crippen LogP contribution in [0, 0.1) is 0 Å². The monoisotopic (exact) mass is 285 g/mol. The van der Waals surface area contributed by atoms with E-state index in [9.17, 15) is 10.2 Å². The minimum Gasteiger partial charge on any atom is -0.508 e. The van der Waals surface area contributed by atoms with Gasteiger partial charge in [0.1, 0.15) is 17.6 Å². The molecule has 4 nitrogen and oxygen atoms in total. The van der Waals surface area contributed by atoms with Crippen LogP contribution in [-0.4, -0.2) is 36.0 Å². The van der Waals surface area contributed by atoms with E-state index in [1.165, 1.54) is 5.56 Å². The Labute approximate surface area is 124 Å². The van der Waals surface area contributed by atoms with Crippen molar-refractivity contribution in [3.63, 3.8) is 0 Å². The Hall–Kier alpha value is -2.20. The molecule has 2 aromatic rings. The van der Waals surface area contributed by atoms with E-state index < -0.39 is 0 Å². The van der Waals surface area contributed by atoms with Crippen LogP contribution in [0.5, 0.6) is 11.5 Å². The summed E-state index contributed by atoms with van der Waals surface area (Å²) in [7, 11) is 0. The maximum Gasteiger partial charge on any atom is 0.146 e. The second-order valence-corrected chi connectivity index (χ2v) is 5.25. The number of hydrogen-bond acceptors (Lipinski definition) is 4. The summed E-state index contributed by atoms with van der Waals surface area (Å²) < 4.78 is 6.01. The fraction of sp³-hybridized carbons (Fsp3) is 0.294. The lowest BCUT2D eigenvalue weighted by Gasteiger charge is -2.36. The van der Waals surface area contributed by atoms with Crippen molar-refractivity contribution in [1.29, 1.82) is 0 Å². The Morgan fingerprint density at radius 2 is 1.95 bits per heavy atom. The number of anilines is 1. The predicted molar refractivity (Wildman–Crippen MR) is 82.0 cm³/mol. The number of aliphatic hydroxyl groups is 1. The van der Waals surface area contributed by atoms with Gasteiger partial charge in [0.2, 0.25) is 0 Å². The molecule has 1 heterocycles. The number of aromatic hydroxyl groups is 1. The van der Waals surface area contributed by atoms with Crippen molar-refractivity contribution in [2.24, 2.45) is 0 Å². The third kappa shape index (κ3) is 3.11. The molecule has 0 radical (unpaired) electrons. The zero-order chi connectivity index (χ0) is 14.7. The van der Waals surface area contributed by atoms with Gasteiger partial charge in [-0.15, -0.1) is 0 Å². The molecule has 2 N–H and O–H groups in total. The topological polar surface area (TPSA) is 52.9 Å². The van der Waals surface area contributed by atoms with Crippen molar-refractivity contribution in [3.8, 4) is 11.5 Å². The number of β-amino-alcohol motifs (C(OH)–C–C–N with tert-alkyl or cyclic N) is 1. The van der Waals surface area contributed by atoms with E-state index in [-0.39, 0.29) is 18.5 Å². The number of fused-ring (bicyclic) bond motifs is 1. The number of phenolic OH excluding ortho intramolecular Hbond substituents is 1. The second kappa shape index (κ2) is 6.06. The van der Waals surface area contributed by atoms with Gasteiger partial charge in [-0.25, -0.2) is 0 Å². The third-order valence-corrected chi connectivity index (χ3v) is 3.68. The predicted octanol–water partition coefficient (Wildman–Crippen LogP) is 2.19. The van der Waals surface area contributed by atoms with Crippen LogP contribution in [0.25, 0.3) is 0 Å². The SMILES string of the molecule is OCCN1CC(Cc2ccccc2)Oc2cc(O)ccc21. The summed E-state index contributed by atoms with van der Waals surface area (Å²) in [6, 6.07) is 15.3. The van der Waals surface area contributed by atoms with Crippen LogP contribution in [0.1, 0.15) is 5.56 Å². The van der Waals surface area contributed by atoms with E-state index in [2.05, 4.69) is 17.0 Å². The summed E-state index contributed by atoms with van der Waals surface area (Å²) in [5.74, 6) is 0.869. The van der Waals surface area contributed by atoms with Gasteiger partial charge < -0.3 is 19.8 Å². The quantitative estimate of drug-likeness (QED) is 0.904. The smallest absolute Gasteiger partial charge is 0.146 e. The molecule has 0 bridgehead atoms. The first-order valence-corrected chi connectivity index (χ1v) is 7.15. The van der Waals surface area contributed by atoms with Crippen molar-refractivity contribution in [2.75, 3.05) is 24.6 Å². The van der Waals surface area contributed by atoms with Crippen LogP contribution in [0.15, 0.2) is 48.5 Å². The summed E-state index contributed by atoms with van der Waals surface area (Å²) in [5.41, 5.74) is 2.14. The normalized spacial score (nSPS) is 17.2. The highest BCUT2D eigenvalue weighted by atomic mass is 16.5. The highest BCUT2D eigenvalue weighted by Gasteiger charge is 2.25. The van der Waals surface area contributed by atoms with Gasteiger partial charge in [-0.2, -0.15) is 0 Å². The van der Waals surface area contributed by atoms with E-state index in [0.717, 1.165) is 18.7 Å². The first kappa shape index (κ1) is 13.8. The van der Waals surface area contributed by atoms with Crippen molar-refractivity contribution >= 4 is 5.69 Å². The first-order chi connectivity index (χ1) is 10.3. The average molecular weight is 285 g/mol. The van der Waals surface area contributed by atoms with Gasteiger partial charge in [-0.3, -0.25) is 0 Å². The third-order valence-electron chi connectivity index (χ3n) is 3.68. The van der Waals surface area contributed by atoms with Gasteiger partial charge in [-0.05, 0) is 17.7 Å². The molecule has 1 unspecified atom stereocenters. The lowest BCUT2D eigenvalue weighted by Crippen LogP contribution is -2.42. The first-order valence-electron chi connectivity index (χ1n) is 7.15. The number of benzene rings is 2. The molecule has 0 aliphatic carbocycles. The van der Waals surface area contributed by atoms with Crippen LogP contribution >= 0.6 is 0 Å². The second-order valence-electron chi connectivity index (χ2n) is 5.25. The number of phenols is 1. The standard InChI is InChI=1S/C17H19NO3/c19-9-8-18-12-15(10-13-4-2-1-3-5-13)21-17-11-14(20)6-7-16(17)18/h1-7,11,15,19-20H,8-10,12H2. The van der Waals surface area contributed by atoms with Gasteiger partial charge in [0.25, 0.3) is 0 Å².